The second-order valence-corrected chi connectivity index (χ2v) is 7.46. The molecule has 0 aliphatic heterocycles. The molecule has 0 saturated heterocycles. The molecule has 7 heteroatoms. The summed E-state index contributed by atoms with van der Waals surface area (Å²) in [4.78, 5) is 26.9. The highest BCUT2D eigenvalue weighted by Crippen LogP contribution is 2.27. The van der Waals surface area contributed by atoms with Crippen molar-refractivity contribution in [2.24, 2.45) is 0 Å². The molecule has 2 aromatic carbocycles. The third kappa shape index (κ3) is 4.26. The third-order valence-electron chi connectivity index (χ3n) is 4.49. The average molecular weight is 445 g/mol. The molecular formula is C21H21BrN2O4. The number of fused-ring (bicyclic) bond motifs is 1. The number of benzene rings is 2. The number of carbonyl (C=O) groups excluding carboxylic acids is 1. The molecule has 1 atom stereocenters. The SMILES string of the molecule is COc1ccccc1C(CNC(=O)c1cc(=O)c2cc(Br)ccc2o1)N(C)C. The van der Waals surface area contributed by atoms with Crippen LogP contribution in [0.25, 0.3) is 11.0 Å². The van der Waals surface area contributed by atoms with Crippen LogP contribution < -0.4 is 15.5 Å². The van der Waals surface area contributed by atoms with Gasteiger partial charge in [-0.2, -0.15) is 0 Å². The summed E-state index contributed by atoms with van der Waals surface area (Å²) in [6.45, 7) is 0.328. The zero-order valence-electron chi connectivity index (χ0n) is 15.9. The summed E-state index contributed by atoms with van der Waals surface area (Å²) in [5.41, 5.74) is 1.07. The van der Waals surface area contributed by atoms with Gasteiger partial charge in [-0.1, -0.05) is 34.1 Å². The monoisotopic (exact) mass is 444 g/mol. The fraction of sp³-hybridized carbons (Fsp3) is 0.238. The van der Waals surface area contributed by atoms with Crippen LogP contribution in [0.4, 0.5) is 0 Å². The van der Waals surface area contributed by atoms with Crippen LogP contribution in [0.2, 0.25) is 0 Å². The van der Waals surface area contributed by atoms with Gasteiger partial charge < -0.3 is 19.4 Å². The van der Waals surface area contributed by atoms with E-state index in [0.717, 1.165) is 15.8 Å². The summed E-state index contributed by atoms with van der Waals surface area (Å²) in [6, 6.07) is 13.9. The van der Waals surface area contributed by atoms with Gasteiger partial charge in [-0.15, -0.1) is 0 Å². The van der Waals surface area contributed by atoms with E-state index in [-0.39, 0.29) is 17.2 Å². The first-order valence-electron chi connectivity index (χ1n) is 8.71. The van der Waals surface area contributed by atoms with Gasteiger partial charge in [0.1, 0.15) is 11.3 Å². The van der Waals surface area contributed by atoms with Crippen molar-refractivity contribution in [1.82, 2.24) is 10.2 Å². The smallest absolute Gasteiger partial charge is 0.287 e. The van der Waals surface area contributed by atoms with Crippen molar-refractivity contribution in [2.75, 3.05) is 27.7 Å². The minimum atomic E-state index is -0.441. The molecule has 0 spiro atoms. The van der Waals surface area contributed by atoms with E-state index < -0.39 is 5.91 Å². The molecule has 0 aliphatic carbocycles. The van der Waals surface area contributed by atoms with Crippen molar-refractivity contribution >= 4 is 32.8 Å². The van der Waals surface area contributed by atoms with Crippen LogP contribution in [0, 0.1) is 0 Å². The number of amides is 1. The first-order chi connectivity index (χ1) is 13.4. The number of hydrogen-bond donors (Lipinski definition) is 1. The van der Waals surface area contributed by atoms with E-state index >= 15 is 0 Å². The number of ether oxygens (including phenoxy) is 1. The number of hydrogen-bond acceptors (Lipinski definition) is 5. The summed E-state index contributed by atoms with van der Waals surface area (Å²) in [5, 5.41) is 3.28. The standard InChI is InChI=1S/C21H21BrN2O4/c1-24(2)16(14-6-4-5-7-18(14)27-3)12-23-21(26)20-11-17(25)15-10-13(22)8-9-19(15)28-20/h4-11,16H,12H2,1-3H3,(H,23,26). The second-order valence-electron chi connectivity index (χ2n) is 6.55. The van der Waals surface area contributed by atoms with Gasteiger partial charge in [0.25, 0.3) is 5.91 Å². The highest BCUT2D eigenvalue weighted by atomic mass is 79.9. The Bertz CT molecular complexity index is 1060. The van der Waals surface area contributed by atoms with Crippen molar-refractivity contribution in [3.05, 3.63) is 74.6 Å². The van der Waals surface area contributed by atoms with Crippen LogP contribution in [0.15, 0.2) is 62.2 Å². The van der Waals surface area contributed by atoms with Gasteiger partial charge in [-0.05, 0) is 38.4 Å². The topological polar surface area (TPSA) is 71.8 Å². The molecule has 1 N–H and O–H groups in total. The van der Waals surface area contributed by atoms with Gasteiger partial charge in [0.2, 0.25) is 0 Å². The summed E-state index contributed by atoms with van der Waals surface area (Å²) in [5.74, 6) is 0.291. The number of nitrogens with one attached hydrogen (secondary N) is 1. The Hall–Kier alpha value is -2.64. The second kappa shape index (κ2) is 8.58. The Balaban J connectivity index is 1.83. The summed E-state index contributed by atoms with van der Waals surface area (Å²) < 4.78 is 11.8. The number of likely N-dealkylation sites (N-methyl/N-ethyl adjacent to an activating group) is 1. The Morgan fingerprint density at radius 3 is 2.68 bits per heavy atom. The van der Waals surface area contributed by atoms with Crippen molar-refractivity contribution in [3.8, 4) is 5.75 Å². The number of halogens is 1. The lowest BCUT2D eigenvalue weighted by atomic mass is 10.0. The lowest BCUT2D eigenvalue weighted by Crippen LogP contribution is -2.35. The molecule has 0 fully saturated rings. The number of para-hydroxylation sites is 1. The highest BCUT2D eigenvalue weighted by Gasteiger charge is 2.20. The van der Waals surface area contributed by atoms with Crippen molar-refractivity contribution in [3.63, 3.8) is 0 Å². The van der Waals surface area contributed by atoms with Gasteiger partial charge in [-0.3, -0.25) is 9.59 Å². The number of rotatable bonds is 6. The van der Waals surface area contributed by atoms with E-state index in [1.807, 2.05) is 43.3 Å². The average Bonchev–Trinajstić information content (AvgIpc) is 2.68. The zero-order valence-corrected chi connectivity index (χ0v) is 17.4. The van der Waals surface area contributed by atoms with E-state index in [1.54, 1.807) is 25.3 Å². The maximum Gasteiger partial charge on any atom is 0.287 e. The zero-order chi connectivity index (χ0) is 20.3. The molecule has 6 nitrogen and oxygen atoms in total. The lowest BCUT2D eigenvalue weighted by Gasteiger charge is -2.26. The Kier molecular flexibility index (Phi) is 6.16. The maximum atomic E-state index is 12.6. The molecule has 1 heterocycles. The number of carbonyl (C=O) groups is 1. The van der Waals surface area contributed by atoms with Gasteiger partial charge >= 0.3 is 0 Å². The van der Waals surface area contributed by atoms with Crippen LogP contribution in [0.1, 0.15) is 22.2 Å². The molecule has 3 rings (SSSR count). The highest BCUT2D eigenvalue weighted by molar-refractivity contribution is 9.10. The van der Waals surface area contributed by atoms with Crippen molar-refractivity contribution < 1.29 is 13.9 Å². The van der Waals surface area contributed by atoms with E-state index in [1.165, 1.54) is 6.07 Å². The molecule has 0 radical (unpaired) electrons. The van der Waals surface area contributed by atoms with Gasteiger partial charge in [0.05, 0.1) is 18.5 Å². The summed E-state index contributed by atoms with van der Waals surface area (Å²) >= 11 is 3.33. The third-order valence-corrected chi connectivity index (χ3v) is 4.98. The van der Waals surface area contributed by atoms with Crippen LogP contribution >= 0.6 is 15.9 Å². The molecule has 28 heavy (non-hydrogen) atoms. The minimum Gasteiger partial charge on any atom is -0.496 e. The first-order valence-corrected chi connectivity index (χ1v) is 9.51. The largest absolute Gasteiger partial charge is 0.496 e. The lowest BCUT2D eigenvalue weighted by molar-refractivity contribution is 0.0914. The van der Waals surface area contributed by atoms with E-state index in [2.05, 4.69) is 21.2 Å². The van der Waals surface area contributed by atoms with Crippen molar-refractivity contribution in [2.45, 2.75) is 6.04 Å². The van der Waals surface area contributed by atoms with Crippen molar-refractivity contribution in [1.29, 1.82) is 0 Å². The summed E-state index contributed by atoms with van der Waals surface area (Å²) in [7, 11) is 5.47. The fourth-order valence-corrected chi connectivity index (χ4v) is 3.39. The Morgan fingerprint density at radius 1 is 1.21 bits per heavy atom. The molecule has 146 valence electrons. The predicted molar refractivity (Wildman–Crippen MR) is 112 cm³/mol. The Labute approximate surface area is 171 Å². The van der Waals surface area contributed by atoms with Gasteiger partial charge in [0, 0.05) is 22.6 Å². The number of methoxy groups -OCH3 is 1. The number of nitrogens with zero attached hydrogens (tertiary/aromatic N) is 1. The Morgan fingerprint density at radius 2 is 1.96 bits per heavy atom. The maximum absolute atomic E-state index is 12.6. The molecular weight excluding hydrogens is 424 g/mol. The molecule has 1 unspecified atom stereocenters. The molecule has 1 aromatic heterocycles. The predicted octanol–water partition coefficient (Wildman–Crippen LogP) is 3.60. The molecule has 3 aromatic rings. The van der Waals surface area contributed by atoms with Gasteiger partial charge in [0.15, 0.2) is 11.2 Å². The normalized spacial score (nSPS) is 12.2. The fourth-order valence-electron chi connectivity index (χ4n) is 3.03. The molecule has 0 bridgehead atoms. The van der Waals surface area contributed by atoms with Crippen LogP contribution in [-0.4, -0.2) is 38.6 Å². The van der Waals surface area contributed by atoms with Crippen LogP contribution in [-0.2, 0) is 0 Å². The van der Waals surface area contributed by atoms with E-state index in [0.29, 0.717) is 17.5 Å². The van der Waals surface area contributed by atoms with Gasteiger partial charge in [-0.25, -0.2) is 0 Å². The van der Waals surface area contributed by atoms with E-state index in [4.69, 9.17) is 9.15 Å². The summed E-state index contributed by atoms with van der Waals surface area (Å²) in [6.07, 6.45) is 0. The molecule has 0 aliphatic rings. The molecule has 0 saturated carbocycles. The molecule has 1 amide bonds. The minimum absolute atomic E-state index is 0.0163. The first kappa shape index (κ1) is 20.1. The van der Waals surface area contributed by atoms with Crippen LogP contribution in [0.5, 0.6) is 5.75 Å². The van der Waals surface area contributed by atoms with Crippen LogP contribution in [0.3, 0.4) is 0 Å². The van der Waals surface area contributed by atoms with E-state index in [9.17, 15) is 9.59 Å². The quantitative estimate of drug-likeness (QED) is 0.628.